The number of amides is 2. The zero-order valence-corrected chi connectivity index (χ0v) is 13.6. The molecule has 1 unspecified atom stereocenters. The van der Waals surface area contributed by atoms with Crippen molar-refractivity contribution in [1.82, 2.24) is 10.2 Å². The van der Waals surface area contributed by atoms with Crippen molar-refractivity contribution in [3.05, 3.63) is 35.6 Å². The van der Waals surface area contributed by atoms with Crippen molar-refractivity contribution in [2.75, 3.05) is 24.6 Å². The Balaban J connectivity index is 1.90. The highest BCUT2D eigenvalue weighted by atomic mass is 32.2. The number of nitrogens with one attached hydrogen (secondary N) is 1. The molecule has 0 aliphatic carbocycles. The van der Waals surface area contributed by atoms with Crippen LogP contribution in [0.25, 0.3) is 0 Å². The molecule has 0 saturated carbocycles. The predicted molar refractivity (Wildman–Crippen MR) is 83.2 cm³/mol. The first kappa shape index (κ1) is 17.4. The minimum atomic E-state index is -3.09. The molecule has 126 valence electrons. The molecule has 1 saturated heterocycles. The van der Waals surface area contributed by atoms with Crippen LogP contribution < -0.4 is 5.32 Å². The average molecular weight is 342 g/mol. The predicted octanol–water partition coefficient (Wildman–Crippen LogP) is 0.591. The van der Waals surface area contributed by atoms with Crippen molar-refractivity contribution in [3.8, 4) is 0 Å². The maximum absolute atomic E-state index is 13.1. The lowest BCUT2D eigenvalue weighted by Gasteiger charge is -2.27. The normalized spacial score (nSPS) is 19.3. The third kappa shape index (κ3) is 4.75. The molecule has 1 aliphatic rings. The van der Waals surface area contributed by atoms with Crippen LogP contribution >= 0.6 is 0 Å². The lowest BCUT2D eigenvalue weighted by molar-refractivity contribution is -0.130. The molecule has 0 aromatic heterocycles. The third-order valence-corrected chi connectivity index (χ3v) is 5.53. The van der Waals surface area contributed by atoms with Crippen LogP contribution in [0.3, 0.4) is 0 Å². The number of hydrogen-bond donors (Lipinski definition) is 1. The summed E-state index contributed by atoms with van der Waals surface area (Å²) < 4.78 is 36.1. The highest BCUT2D eigenvalue weighted by Gasteiger charge is 2.33. The van der Waals surface area contributed by atoms with Crippen molar-refractivity contribution < 1.29 is 22.4 Å². The molecule has 1 aliphatic heterocycles. The highest BCUT2D eigenvalue weighted by Crippen LogP contribution is 2.17. The quantitative estimate of drug-likeness (QED) is 0.849. The van der Waals surface area contributed by atoms with Crippen LogP contribution in [0, 0.1) is 5.82 Å². The molecular formula is C15H19FN2O4S. The SMILES string of the molecule is CC(=O)N(CCNC(=O)c1cccc(F)c1)C1CCS(=O)(=O)C1. The van der Waals surface area contributed by atoms with E-state index in [4.69, 9.17) is 0 Å². The van der Waals surface area contributed by atoms with Crippen LogP contribution in [0.15, 0.2) is 24.3 Å². The first-order valence-electron chi connectivity index (χ1n) is 7.30. The van der Waals surface area contributed by atoms with Gasteiger partial charge in [-0.3, -0.25) is 9.59 Å². The van der Waals surface area contributed by atoms with Gasteiger partial charge in [-0.2, -0.15) is 0 Å². The zero-order valence-electron chi connectivity index (χ0n) is 12.8. The van der Waals surface area contributed by atoms with E-state index < -0.39 is 21.6 Å². The molecule has 1 atom stereocenters. The van der Waals surface area contributed by atoms with Gasteiger partial charge < -0.3 is 10.2 Å². The van der Waals surface area contributed by atoms with Gasteiger partial charge in [0, 0.05) is 31.6 Å². The number of carbonyl (C=O) groups is 2. The van der Waals surface area contributed by atoms with Gasteiger partial charge in [-0.15, -0.1) is 0 Å². The lowest BCUT2D eigenvalue weighted by atomic mass is 10.2. The summed E-state index contributed by atoms with van der Waals surface area (Å²) in [6, 6.07) is 4.96. The minimum absolute atomic E-state index is 0.0373. The Bertz CT molecular complexity index is 705. The average Bonchev–Trinajstić information content (AvgIpc) is 2.82. The molecule has 1 fully saturated rings. The molecule has 0 spiro atoms. The summed E-state index contributed by atoms with van der Waals surface area (Å²) >= 11 is 0. The summed E-state index contributed by atoms with van der Waals surface area (Å²) in [7, 11) is -3.09. The number of benzene rings is 1. The van der Waals surface area contributed by atoms with Crippen LogP contribution in [-0.2, 0) is 14.6 Å². The highest BCUT2D eigenvalue weighted by molar-refractivity contribution is 7.91. The van der Waals surface area contributed by atoms with Crippen molar-refractivity contribution in [3.63, 3.8) is 0 Å². The van der Waals surface area contributed by atoms with Crippen molar-refractivity contribution in [1.29, 1.82) is 0 Å². The van der Waals surface area contributed by atoms with E-state index in [0.29, 0.717) is 6.42 Å². The maximum Gasteiger partial charge on any atom is 0.251 e. The first-order valence-corrected chi connectivity index (χ1v) is 9.12. The fourth-order valence-corrected chi connectivity index (χ4v) is 4.37. The summed E-state index contributed by atoms with van der Waals surface area (Å²) in [5, 5.41) is 2.61. The number of halogens is 1. The Morgan fingerprint density at radius 3 is 2.70 bits per heavy atom. The second-order valence-electron chi connectivity index (χ2n) is 5.54. The van der Waals surface area contributed by atoms with Gasteiger partial charge in [-0.1, -0.05) is 6.07 Å². The largest absolute Gasteiger partial charge is 0.350 e. The van der Waals surface area contributed by atoms with E-state index in [1.807, 2.05) is 0 Å². The summed E-state index contributed by atoms with van der Waals surface area (Å²) in [6.07, 6.45) is 0.416. The van der Waals surface area contributed by atoms with Gasteiger partial charge in [0.1, 0.15) is 5.82 Å². The van der Waals surface area contributed by atoms with E-state index in [-0.39, 0.29) is 42.1 Å². The van der Waals surface area contributed by atoms with Gasteiger partial charge >= 0.3 is 0 Å². The molecule has 2 amide bonds. The Labute approximate surface area is 134 Å². The second kappa shape index (κ2) is 7.08. The Kier molecular flexibility index (Phi) is 5.35. The third-order valence-electron chi connectivity index (χ3n) is 3.78. The molecule has 1 heterocycles. The molecule has 1 aromatic carbocycles. The zero-order chi connectivity index (χ0) is 17.0. The van der Waals surface area contributed by atoms with Crippen LogP contribution in [-0.4, -0.2) is 55.8 Å². The smallest absolute Gasteiger partial charge is 0.251 e. The first-order chi connectivity index (χ1) is 10.8. The van der Waals surface area contributed by atoms with Crippen LogP contribution in [0.1, 0.15) is 23.7 Å². The molecule has 0 radical (unpaired) electrons. The minimum Gasteiger partial charge on any atom is -0.350 e. The summed E-state index contributed by atoms with van der Waals surface area (Å²) in [6.45, 7) is 1.77. The van der Waals surface area contributed by atoms with Crippen LogP contribution in [0.2, 0.25) is 0 Å². The Hall–Kier alpha value is -1.96. The summed E-state index contributed by atoms with van der Waals surface area (Å²) in [4.78, 5) is 25.1. The van der Waals surface area contributed by atoms with Gasteiger partial charge in [0.05, 0.1) is 11.5 Å². The van der Waals surface area contributed by atoms with Crippen LogP contribution in [0.5, 0.6) is 0 Å². The number of nitrogens with zero attached hydrogens (tertiary/aromatic N) is 1. The van der Waals surface area contributed by atoms with E-state index in [0.717, 1.165) is 6.07 Å². The molecule has 1 aromatic rings. The van der Waals surface area contributed by atoms with Gasteiger partial charge in [0.25, 0.3) is 5.91 Å². The molecule has 0 bridgehead atoms. The number of sulfone groups is 1. The van der Waals surface area contributed by atoms with Gasteiger partial charge in [0.15, 0.2) is 9.84 Å². The monoisotopic (exact) mass is 342 g/mol. The molecule has 6 nitrogen and oxygen atoms in total. The number of hydrogen-bond acceptors (Lipinski definition) is 4. The fourth-order valence-electron chi connectivity index (χ4n) is 2.64. The molecule has 1 N–H and O–H groups in total. The van der Waals surface area contributed by atoms with Gasteiger partial charge in [-0.05, 0) is 24.6 Å². The summed E-state index contributed by atoms with van der Waals surface area (Å²) in [5.74, 6) is -1.13. The van der Waals surface area contributed by atoms with Crippen LogP contribution in [0.4, 0.5) is 4.39 Å². The Morgan fingerprint density at radius 2 is 2.13 bits per heavy atom. The lowest BCUT2D eigenvalue weighted by Crippen LogP contribution is -2.44. The number of carbonyl (C=O) groups excluding carboxylic acids is 2. The molecule has 2 rings (SSSR count). The van der Waals surface area contributed by atoms with Crippen molar-refractivity contribution in [2.45, 2.75) is 19.4 Å². The number of rotatable bonds is 5. The molecular weight excluding hydrogens is 323 g/mol. The second-order valence-corrected chi connectivity index (χ2v) is 7.76. The van der Waals surface area contributed by atoms with Gasteiger partial charge in [0.2, 0.25) is 5.91 Å². The van der Waals surface area contributed by atoms with Crippen molar-refractivity contribution in [2.24, 2.45) is 0 Å². The van der Waals surface area contributed by atoms with E-state index in [1.54, 1.807) is 0 Å². The summed E-state index contributed by atoms with van der Waals surface area (Å²) in [5.41, 5.74) is 0.197. The van der Waals surface area contributed by atoms with E-state index in [9.17, 15) is 22.4 Å². The van der Waals surface area contributed by atoms with Gasteiger partial charge in [-0.25, -0.2) is 12.8 Å². The molecule has 23 heavy (non-hydrogen) atoms. The topological polar surface area (TPSA) is 83.6 Å². The van der Waals surface area contributed by atoms with E-state index >= 15 is 0 Å². The van der Waals surface area contributed by atoms with E-state index in [1.165, 1.54) is 30.0 Å². The maximum atomic E-state index is 13.1. The van der Waals surface area contributed by atoms with E-state index in [2.05, 4.69) is 5.32 Å². The fraction of sp³-hybridized carbons (Fsp3) is 0.467. The van der Waals surface area contributed by atoms with Crippen molar-refractivity contribution >= 4 is 21.7 Å². The molecule has 8 heteroatoms. The Morgan fingerprint density at radius 1 is 1.39 bits per heavy atom. The standard InChI is InChI=1S/C15H19FN2O4S/c1-11(19)18(14-5-8-23(21,22)10-14)7-6-17-15(20)12-3-2-4-13(16)9-12/h2-4,9,14H,5-8,10H2,1H3,(H,17,20).